The molecule has 0 amide bonds. The maximum absolute atomic E-state index is 6.45. The van der Waals surface area contributed by atoms with Crippen LogP contribution in [-0.4, -0.2) is 22.6 Å². The van der Waals surface area contributed by atoms with E-state index in [4.69, 9.17) is 14.4 Å². The first-order valence-corrected chi connectivity index (χ1v) is 25.8. The first-order chi connectivity index (χ1) is 29.8. The van der Waals surface area contributed by atoms with Crippen molar-refractivity contribution in [1.29, 1.82) is 0 Å². The Labute approximate surface area is 395 Å². The standard InChI is InChI=1S/C35H27N2O.C23H34NSi.Ir/c1-35(2,3)28-19-12-16-24(23-13-5-4-6-14-23)32(28)37-30-21-9-8-20-29(30)36-34(37)27-18-11-17-26-25-15-7-10-22-31(25)38-33(26)27;1-22(2,3)15-18-14-20(24-16-21(18)25(7,8)9)17-11-10-12-19(13-17)23(4,5)6;/h4-17,19-22H,1-3H3;10,12-14,16H,15H2,1-9H3;/q2*-1;. The zero-order valence-corrected chi connectivity index (χ0v) is 43.0. The molecule has 3 heterocycles. The van der Waals surface area contributed by atoms with E-state index in [9.17, 15) is 0 Å². The summed E-state index contributed by atoms with van der Waals surface area (Å²) < 4.78 is 8.77. The molecule has 0 aliphatic heterocycles. The minimum Gasteiger partial charge on any atom is -0.501 e. The van der Waals surface area contributed by atoms with Crippen molar-refractivity contribution in [3.8, 4) is 39.5 Å². The molecule has 9 rings (SSSR count). The van der Waals surface area contributed by atoms with Crippen LogP contribution in [0.4, 0.5) is 0 Å². The average Bonchev–Trinajstić information content (AvgIpc) is 3.81. The number of hydrogen-bond acceptors (Lipinski definition) is 3. The average molecular weight is 1040 g/mol. The topological polar surface area (TPSA) is 43.9 Å². The van der Waals surface area contributed by atoms with Crippen LogP contribution >= 0.6 is 0 Å². The molecule has 1 radical (unpaired) electrons. The van der Waals surface area contributed by atoms with Crippen LogP contribution in [0.2, 0.25) is 19.6 Å². The number of hydrogen-bond donors (Lipinski definition) is 0. The van der Waals surface area contributed by atoms with Crippen LogP contribution in [0.15, 0.2) is 144 Å². The molecule has 0 aliphatic rings. The number of nitrogens with zero attached hydrogens (tertiary/aromatic N) is 3. The summed E-state index contributed by atoms with van der Waals surface area (Å²) in [7, 11) is -1.42. The van der Waals surface area contributed by atoms with Gasteiger partial charge < -0.3 is 14.0 Å². The molecule has 0 atom stereocenters. The molecule has 0 saturated carbocycles. The van der Waals surface area contributed by atoms with E-state index in [0.29, 0.717) is 0 Å². The van der Waals surface area contributed by atoms with Crippen molar-refractivity contribution in [1.82, 2.24) is 14.5 Å². The molecule has 64 heavy (non-hydrogen) atoms. The minimum atomic E-state index is -1.42. The maximum Gasteiger partial charge on any atom is 0.120 e. The van der Waals surface area contributed by atoms with E-state index in [1.54, 1.807) is 0 Å². The summed E-state index contributed by atoms with van der Waals surface area (Å²) in [6, 6.07) is 53.5. The molecule has 0 aliphatic carbocycles. The fourth-order valence-corrected chi connectivity index (χ4v) is 10.2. The summed E-state index contributed by atoms with van der Waals surface area (Å²) in [4.78, 5) is 10.0. The summed E-state index contributed by atoms with van der Waals surface area (Å²) in [6.07, 6.45) is 3.22. The second kappa shape index (κ2) is 17.9. The van der Waals surface area contributed by atoms with Gasteiger partial charge in [0.1, 0.15) is 5.58 Å². The van der Waals surface area contributed by atoms with Crippen LogP contribution in [0.3, 0.4) is 0 Å². The molecule has 0 bridgehead atoms. The first-order valence-electron chi connectivity index (χ1n) is 22.3. The van der Waals surface area contributed by atoms with E-state index in [-0.39, 0.29) is 36.4 Å². The van der Waals surface area contributed by atoms with Crippen molar-refractivity contribution in [2.24, 2.45) is 5.41 Å². The van der Waals surface area contributed by atoms with E-state index < -0.39 is 8.07 Å². The van der Waals surface area contributed by atoms with Gasteiger partial charge in [0.2, 0.25) is 0 Å². The fourth-order valence-electron chi connectivity index (χ4n) is 8.64. The Morgan fingerprint density at radius 3 is 2.06 bits per heavy atom. The number of pyridine rings is 1. The van der Waals surface area contributed by atoms with E-state index in [2.05, 4.69) is 208 Å². The Balaban J connectivity index is 0.000000206. The fraction of sp³-hybridized carbons (Fsp3) is 0.276. The molecule has 329 valence electrons. The second-order valence-electron chi connectivity index (χ2n) is 21.2. The molecule has 3 aromatic heterocycles. The van der Waals surface area contributed by atoms with Gasteiger partial charge in [0.05, 0.1) is 36.2 Å². The van der Waals surface area contributed by atoms with Crippen LogP contribution in [0.1, 0.15) is 79.0 Å². The van der Waals surface area contributed by atoms with Crippen LogP contribution in [0.5, 0.6) is 0 Å². The van der Waals surface area contributed by atoms with Crippen molar-refractivity contribution in [3.63, 3.8) is 0 Å². The summed E-state index contributed by atoms with van der Waals surface area (Å²) in [6.45, 7) is 27.7. The molecule has 0 fully saturated rings. The number of aromatic nitrogens is 3. The molecule has 0 spiro atoms. The molecular weight excluding hydrogens is 975 g/mol. The molecule has 0 unspecified atom stereocenters. The predicted molar refractivity (Wildman–Crippen MR) is 270 cm³/mol. The van der Waals surface area contributed by atoms with Gasteiger partial charge in [-0.05, 0) is 62.9 Å². The number of fused-ring (bicyclic) bond motifs is 4. The number of para-hydroxylation sites is 4. The van der Waals surface area contributed by atoms with Gasteiger partial charge in [0.25, 0.3) is 0 Å². The maximum atomic E-state index is 6.45. The van der Waals surface area contributed by atoms with E-state index >= 15 is 0 Å². The number of furan rings is 1. The van der Waals surface area contributed by atoms with Gasteiger partial charge in [-0.2, -0.15) is 0 Å². The van der Waals surface area contributed by atoms with Gasteiger partial charge in [0, 0.05) is 37.3 Å². The van der Waals surface area contributed by atoms with Crippen molar-refractivity contribution in [3.05, 3.63) is 168 Å². The van der Waals surface area contributed by atoms with Gasteiger partial charge in [-0.1, -0.05) is 183 Å². The van der Waals surface area contributed by atoms with Crippen LogP contribution in [-0.2, 0) is 37.4 Å². The van der Waals surface area contributed by atoms with Gasteiger partial charge in [0.15, 0.2) is 0 Å². The van der Waals surface area contributed by atoms with Gasteiger partial charge in [-0.3, -0.25) is 4.98 Å². The monoisotopic (exact) mass is 1040 g/mol. The van der Waals surface area contributed by atoms with Gasteiger partial charge >= 0.3 is 0 Å². The Morgan fingerprint density at radius 1 is 0.672 bits per heavy atom. The molecule has 4 nitrogen and oxygen atoms in total. The summed E-state index contributed by atoms with van der Waals surface area (Å²) in [5.74, 6) is 0.824. The molecule has 6 heteroatoms. The third-order valence-electron chi connectivity index (χ3n) is 11.7. The molecule has 9 aromatic rings. The van der Waals surface area contributed by atoms with Crippen molar-refractivity contribution in [2.75, 3.05) is 0 Å². The summed E-state index contributed by atoms with van der Waals surface area (Å²) in [5.41, 5.74) is 14.5. The third-order valence-corrected chi connectivity index (χ3v) is 13.8. The molecule has 6 aromatic carbocycles. The Hall–Kier alpha value is -5.39. The number of benzene rings is 6. The predicted octanol–water partition coefficient (Wildman–Crippen LogP) is 15.3. The SMILES string of the molecule is CC(C)(C)Cc1cc(-c2[c-]ccc(C(C)(C)C)c2)ncc1[Si](C)(C)C.CC(C)(C)c1cccc(-c2ccccc2)c1-n1c(-c2[c-]ccc3c2oc2ccccc23)nc2ccccc21.[Ir]. The van der Waals surface area contributed by atoms with Crippen LogP contribution in [0.25, 0.3) is 72.4 Å². The van der Waals surface area contributed by atoms with E-state index in [1.165, 1.54) is 33.0 Å². The van der Waals surface area contributed by atoms with Gasteiger partial charge in [-0.25, -0.2) is 0 Å². The number of rotatable bonds is 6. The van der Waals surface area contributed by atoms with Crippen LogP contribution in [0, 0.1) is 17.5 Å². The van der Waals surface area contributed by atoms with Crippen LogP contribution < -0.4 is 5.19 Å². The molecule has 0 saturated heterocycles. The van der Waals surface area contributed by atoms with Gasteiger partial charge in [-0.15, -0.1) is 53.6 Å². The number of imidazole rings is 1. The molecular formula is C58H61IrN3OSi-2. The van der Waals surface area contributed by atoms with Crippen molar-refractivity contribution >= 4 is 46.2 Å². The Morgan fingerprint density at radius 2 is 1.36 bits per heavy atom. The first kappa shape index (κ1) is 46.6. The Bertz CT molecular complexity index is 3080. The van der Waals surface area contributed by atoms with E-state index in [0.717, 1.165) is 67.7 Å². The third kappa shape index (κ3) is 9.66. The van der Waals surface area contributed by atoms with Crippen molar-refractivity contribution < 1.29 is 24.5 Å². The van der Waals surface area contributed by atoms with Crippen molar-refractivity contribution in [2.45, 2.75) is 99.2 Å². The van der Waals surface area contributed by atoms with E-state index in [1.807, 2.05) is 30.3 Å². The minimum absolute atomic E-state index is 0. The zero-order chi connectivity index (χ0) is 44.9. The summed E-state index contributed by atoms with van der Waals surface area (Å²) in [5, 5.41) is 3.65. The Kier molecular flexibility index (Phi) is 13.0. The molecule has 0 N–H and O–H groups in total. The largest absolute Gasteiger partial charge is 0.501 e. The normalized spacial score (nSPS) is 12.3. The smallest absolute Gasteiger partial charge is 0.120 e. The zero-order valence-electron chi connectivity index (χ0n) is 39.6. The quantitative estimate of drug-likeness (QED) is 0.123. The summed E-state index contributed by atoms with van der Waals surface area (Å²) >= 11 is 0. The second-order valence-corrected chi connectivity index (χ2v) is 26.3.